The van der Waals surface area contributed by atoms with E-state index in [9.17, 15) is 14.7 Å². The zero-order valence-corrected chi connectivity index (χ0v) is 18.8. The smallest absolute Gasteiger partial charge is 0.300 e. The third kappa shape index (κ3) is 3.52. The van der Waals surface area contributed by atoms with Crippen LogP contribution in [0.2, 0.25) is 0 Å². The second kappa shape index (κ2) is 7.66. The van der Waals surface area contributed by atoms with Crippen LogP contribution in [0.15, 0.2) is 70.9 Å². The predicted octanol–water partition coefficient (Wildman–Crippen LogP) is 5.14. The Morgan fingerprint density at radius 3 is 2.48 bits per heavy atom. The molecule has 3 heterocycles. The number of nitrogens with zero attached hydrogens (tertiary/aromatic N) is 1. The number of hydrogen-bond acceptors (Lipinski definition) is 5. The van der Waals surface area contributed by atoms with Crippen molar-refractivity contribution >= 4 is 23.1 Å². The molecule has 1 amide bonds. The van der Waals surface area contributed by atoms with Crippen molar-refractivity contribution in [3.05, 3.63) is 88.9 Å². The topological polar surface area (TPSA) is 80.0 Å². The van der Waals surface area contributed by atoms with Crippen LogP contribution in [-0.4, -0.2) is 23.4 Å². The first kappa shape index (κ1) is 21.1. The molecule has 1 unspecified atom stereocenters. The molecular weight excluding hydrogens is 418 g/mol. The Hall–Kier alpha value is -3.80. The number of fused-ring (bicyclic) bond motifs is 1. The summed E-state index contributed by atoms with van der Waals surface area (Å²) < 4.78 is 11.2. The van der Waals surface area contributed by atoms with E-state index in [1.54, 1.807) is 24.3 Å². The Morgan fingerprint density at radius 1 is 1.06 bits per heavy atom. The van der Waals surface area contributed by atoms with E-state index in [1.165, 1.54) is 11.2 Å². The SMILES string of the molecule is CC(C)(C)c1ccc(N2C(=O)C(=O)/C(=C(\O)c3ccc4c(c3)CCO4)C2c2ccco2)cc1. The molecule has 1 atom stereocenters. The van der Waals surface area contributed by atoms with Crippen LogP contribution in [0.4, 0.5) is 5.69 Å². The number of aliphatic hydroxyl groups excluding tert-OH is 1. The molecular formula is C27H25NO5. The molecule has 6 nitrogen and oxygen atoms in total. The second-order valence-electron chi connectivity index (χ2n) is 9.40. The molecule has 0 aliphatic carbocycles. The van der Waals surface area contributed by atoms with E-state index in [0.717, 1.165) is 23.3 Å². The maximum absolute atomic E-state index is 13.2. The number of carbonyl (C=O) groups is 2. The van der Waals surface area contributed by atoms with Crippen molar-refractivity contribution in [3.63, 3.8) is 0 Å². The second-order valence-corrected chi connectivity index (χ2v) is 9.40. The molecule has 168 valence electrons. The highest BCUT2D eigenvalue weighted by atomic mass is 16.5. The number of benzene rings is 2. The number of rotatable bonds is 3. The normalized spacial score (nSPS) is 19.6. The van der Waals surface area contributed by atoms with Crippen LogP contribution in [0.3, 0.4) is 0 Å². The Bertz CT molecular complexity index is 1260. The number of furan rings is 1. The van der Waals surface area contributed by atoms with Crippen LogP contribution in [0.5, 0.6) is 5.75 Å². The molecule has 1 fully saturated rings. The van der Waals surface area contributed by atoms with Gasteiger partial charge in [-0.1, -0.05) is 32.9 Å². The number of carbonyl (C=O) groups excluding carboxylic acids is 2. The Labute approximate surface area is 192 Å². The number of ketones is 1. The van der Waals surface area contributed by atoms with Gasteiger partial charge < -0.3 is 14.3 Å². The highest BCUT2D eigenvalue weighted by Crippen LogP contribution is 2.43. The fourth-order valence-electron chi connectivity index (χ4n) is 4.43. The molecule has 2 aliphatic heterocycles. The number of hydrogen-bond donors (Lipinski definition) is 1. The van der Waals surface area contributed by atoms with Crippen LogP contribution in [0.25, 0.3) is 5.76 Å². The van der Waals surface area contributed by atoms with E-state index >= 15 is 0 Å². The van der Waals surface area contributed by atoms with Crippen molar-refractivity contribution in [1.29, 1.82) is 0 Å². The number of aliphatic hydroxyl groups is 1. The van der Waals surface area contributed by atoms with Crippen molar-refractivity contribution in [2.45, 2.75) is 38.6 Å². The molecule has 2 aliphatic rings. The van der Waals surface area contributed by atoms with E-state index in [0.29, 0.717) is 23.6 Å². The van der Waals surface area contributed by atoms with Gasteiger partial charge in [-0.05, 0) is 59.0 Å². The summed E-state index contributed by atoms with van der Waals surface area (Å²) in [6, 6.07) is 15.4. The summed E-state index contributed by atoms with van der Waals surface area (Å²) in [5.41, 5.74) is 3.06. The van der Waals surface area contributed by atoms with E-state index in [-0.39, 0.29) is 16.7 Å². The molecule has 0 spiro atoms. The third-order valence-corrected chi connectivity index (χ3v) is 6.23. The Kier molecular flexibility index (Phi) is 4.89. The van der Waals surface area contributed by atoms with Gasteiger partial charge in [0.2, 0.25) is 0 Å². The highest BCUT2D eigenvalue weighted by molar-refractivity contribution is 6.51. The minimum atomic E-state index is -0.870. The summed E-state index contributed by atoms with van der Waals surface area (Å²) >= 11 is 0. The maximum atomic E-state index is 13.2. The average molecular weight is 443 g/mol. The van der Waals surface area contributed by atoms with E-state index in [2.05, 4.69) is 20.8 Å². The molecule has 1 saturated heterocycles. The monoisotopic (exact) mass is 443 g/mol. The molecule has 33 heavy (non-hydrogen) atoms. The van der Waals surface area contributed by atoms with Gasteiger partial charge in [0.25, 0.3) is 11.7 Å². The lowest BCUT2D eigenvalue weighted by molar-refractivity contribution is -0.132. The minimum absolute atomic E-state index is 0.00807. The highest BCUT2D eigenvalue weighted by Gasteiger charge is 2.48. The summed E-state index contributed by atoms with van der Waals surface area (Å²) in [7, 11) is 0. The molecule has 1 N–H and O–H groups in total. The van der Waals surface area contributed by atoms with Gasteiger partial charge in [-0.2, -0.15) is 0 Å². The number of ether oxygens (including phenoxy) is 1. The largest absolute Gasteiger partial charge is 0.507 e. The zero-order valence-electron chi connectivity index (χ0n) is 18.8. The standard InChI is InChI=1S/C27H25NO5/c1-27(2,3)18-7-9-19(10-8-18)28-23(21-5-4-13-32-21)22(25(30)26(28)31)24(29)17-6-11-20-16(15-17)12-14-33-20/h4-11,13,15,23,29H,12,14H2,1-3H3/b24-22-. The van der Waals surface area contributed by atoms with E-state index in [4.69, 9.17) is 9.15 Å². The van der Waals surface area contributed by atoms with Crippen LogP contribution in [0.1, 0.15) is 49.3 Å². The van der Waals surface area contributed by atoms with Crippen molar-refractivity contribution < 1.29 is 23.8 Å². The fraction of sp³-hybridized carbons (Fsp3) is 0.259. The van der Waals surface area contributed by atoms with Crippen LogP contribution in [0, 0.1) is 0 Å². The van der Waals surface area contributed by atoms with Crippen LogP contribution < -0.4 is 9.64 Å². The first-order valence-electron chi connectivity index (χ1n) is 11.0. The van der Waals surface area contributed by atoms with Gasteiger partial charge in [0.05, 0.1) is 18.4 Å². The fourth-order valence-corrected chi connectivity index (χ4v) is 4.43. The molecule has 2 aromatic carbocycles. The summed E-state index contributed by atoms with van der Waals surface area (Å²) in [6.07, 6.45) is 2.22. The number of amides is 1. The molecule has 3 aromatic rings. The lowest BCUT2D eigenvalue weighted by Crippen LogP contribution is -2.29. The molecule has 6 heteroatoms. The van der Waals surface area contributed by atoms with E-state index in [1.807, 2.05) is 30.3 Å². The molecule has 0 saturated carbocycles. The maximum Gasteiger partial charge on any atom is 0.300 e. The number of Topliss-reactive ketones (excluding diaryl/α,β-unsaturated/α-hetero) is 1. The zero-order chi connectivity index (χ0) is 23.3. The van der Waals surface area contributed by atoms with Crippen molar-refractivity contribution in [3.8, 4) is 5.75 Å². The minimum Gasteiger partial charge on any atom is -0.507 e. The van der Waals surface area contributed by atoms with Crippen molar-refractivity contribution in [1.82, 2.24) is 0 Å². The lowest BCUT2D eigenvalue weighted by atomic mass is 9.87. The molecule has 5 rings (SSSR count). The lowest BCUT2D eigenvalue weighted by Gasteiger charge is -2.25. The molecule has 1 aromatic heterocycles. The van der Waals surface area contributed by atoms with Gasteiger partial charge >= 0.3 is 0 Å². The van der Waals surface area contributed by atoms with Gasteiger partial charge in [-0.15, -0.1) is 0 Å². The molecule has 0 bridgehead atoms. The van der Waals surface area contributed by atoms with Gasteiger partial charge in [0, 0.05) is 17.7 Å². The number of anilines is 1. The summed E-state index contributed by atoms with van der Waals surface area (Å²) in [5, 5.41) is 11.2. The first-order valence-corrected chi connectivity index (χ1v) is 11.0. The van der Waals surface area contributed by atoms with E-state index < -0.39 is 17.7 Å². The van der Waals surface area contributed by atoms with Gasteiger partial charge in [-0.3, -0.25) is 14.5 Å². The predicted molar refractivity (Wildman–Crippen MR) is 124 cm³/mol. The molecule has 0 radical (unpaired) electrons. The summed E-state index contributed by atoms with van der Waals surface area (Å²) in [6.45, 7) is 6.91. The Balaban J connectivity index is 1.64. The van der Waals surface area contributed by atoms with Gasteiger partial charge in [0.1, 0.15) is 23.3 Å². The van der Waals surface area contributed by atoms with Crippen LogP contribution >= 0.6 is 0 Å². The Morgan fingerprint density at radius 2 is 1.82 bits per heavy atom. The first-order chi connectivity index (χ1) is 15.8. The summed E-state index contributed by atoms with van der Waals surface area (Å²) in [4.78, 5) is 27.8. The van der Waals surface area contributed by atoms with Gasteiger partial charge in [-0.25, -0.2) is 0 Å². The van der Waals surface area contributed by atoms with Gasteiger partial charge in [0.15, 0.2) is 0 Å². The quantitative estimate of drug-likeness (QED) is 0.345. The summed E-state index contributed by atoms with van der Waals surface area (Å²) in [5.74, 6) is -0.497. The third-order valence-electron chi connectivity index (χ3n) is 6.23. The van der Waals surface area contributed by atoms with Crippen molar-refractivity contribution in [2.24, 2.45) is 0 Å². The van der Waals surface area contributed by atoms with Crippen LogP contribution in [-0.2, 0) is 21.4 Å². The van der Waals surface area contributed by atoms with Crippen molar-refractivity contribution in [2.75, 3.05) is 11.5 Å². The average Bonchev–Trinajstić information content (AvgIpc) is 3.53.